The van der Waals surface area contributed by atoms with E-state index in [0.717, 1.165) is 22.1 Å². The third kappa shape index (κ3) is 3.72. The van der Waals surface area contributed by atoms with E-state index in [4.69, 9.17) is 4.42 Å². The molecule has 0 N–H and O–H groups in total. The molecule has 0 amide bonds. The topological polar surface area (TPSA) is 90.4 Å². The van der Waals surface area contributed by atoms with Crippen molar-refractivity contribution in [1.82, 2.24) is 19.8 Å². The molecule has 0 aliphatic heterocycles. The molecule has 29 heavy (non-hydrogen) atoms. The van der Waals surface area contributed by atoms with E-state index in [2.05, 4.69) is 15.3 Å². The fourth-order valence-electron chi connectivity index (χ4n) is 2.97. The smallest absolute Gasteiger partial charge is 0.336 e. The summed E-state index contributed by atoms with van der Waals surface area (Å²) in [5, 5.41) is 13.6. The molecule has 0 bridgehead atoms. The van der Waals surface area contributed by atoms with E-state index in [1.54, 1.807) is 0 Å². The van der Waals surface area contributed by atoms with Gasteiger partial charge in [0.05, 0.1) is 0 Å². The second-order valence-electron chi connectivity index (χ2n) is 7.98. The van der Waals surface area contributed by atoms with Gasteiger partial charge in [0.25, 0.3) is 5.56 Å². The third-order valence-electron chi connectivity index (χ3n) is 4.68. The summed E-state index contributed by atoms with van der Waals surface area (Å²) in [4.78, 5) is 25.1. The lowest BCUT2D eigenvalue weighted by Crippen LogP contribution is -2.30. The molecule has 0 radical (unpaired) electrons. The van der Waals surface area contributed by atoms with Crippen LogP contribution in [0.2, 0.25) is 0 Å². The van der Waals surface area contributed by atoms with Crippen LogP contribution in [0.25, 0.3) is 15.9 Å². The van der Waals surface area contributed by atoms with Crippen molar-refractivity contribution < 1.29 is 4.42 Å². The van der Waals surface area contributed by atoms with E-state index in [1.807, 2.05) is 46.8 Å². The standard InChI is InChI=1S/C20H20N4O3S2/c1-10-6-13-12(8-15(25)27-14(13)7-11(10)2)9-28-19-23-24-17(26)16(20(3,4)5)21-22-18(24)29-19/h6-8H,9H2,1-5H3. The normalized spacial score (nSPS) is 12.2. The number of aromatic nitrogens is 4. The van der Waals surface area contributed by atoms with E-state index in [9.17, 15) is 9.59 Å². The van der Waals surface area contributed by atoms with Crippen molar-refractivity contribution in [3.63, 3.8) is 0 Å². The van der Waals surface area contributed by atoms with E-state index < -0.39 is 5.41 Å². The average molecular weight is 429 g/mol. The van der Waals surface area contributed by atoms with Crippen LogP contribution in [0.1, 0.15) is 43.2 Å². The maximum atomic E-state index is 12.7. The average Bonchev–Trinajstić information content (AvgIpc) is 3.04. The largest absolute Gasteiger partial charge is 0.423 e. The zero-order valence-corrected chi connectivity index (χ0v) is 18.4. The first-order valence-corrected chi connectivity index (χ1v) is 10.9. The lowest BCUT2D eigenvalue weighted by molar-refractivity contribution is 0.541. The Balaban J connectivity index is 1.70. The van der Waals surface area contributed by atoms with E-state index in [1.165, 1.54) is 33.7 Å². The van der Waals surface area contributed by atoms with Gasteiger partial charge in [0.15, 0.2) is 4.34 Å². The SMILES string of the molecule is Cc1cc2oc(=O)cc(CSc3nn4c(=O)c(C(C)(C)C)nnc4s3)c2cc1C. The first kappa shape index (κ1) is 19.8. The summed E-state index contributed by atoms with van der Waals surface area (Å²) in [5.41, 5.74) is 3.01. The fourth-order valence-corrected chi connectivity index (χ4v) is 4.83. The zero-order chi connectivity index (χ0) is 20.9. The summed E-state index contributed by atoms with van der Waals surface area (Å²) in [5.74, 6) is 0.527. The highest BCUT2D eigenvalue weighted by Crippen LogP contribution is 2.30. The number of hydrogen-bond donors (Lipinski definition) is 0. The van der Waals surface area contributed by atoms with Crippen LogP contribution in [0, 0.1) is 13.8 Å². The monoisotopic (exact) mass is 428 g/mol. The minimum atomic E-state index is -0.408. The highest BCUT2D eigenvalue weighted by molar-refractivity contribution is 8.00. The van der Waals surface area contributed by atoms with Gasteiger partial charge in [-0.25, -0.2) is 4.79 Å². The van der Waals surface area contributed by atoms with Crippen molar-refractivity contribution in [3.8, 4) is 0 Å². The molecule has 7 nitrogen and oxygen atoms in total. The Labute approximate surface area is 174 Å². The third-order valence-corrected chi connectivity index (χ3v) is 6.76. The molecule has 0 unspecified atom stereocenters. The molecule has 3 aromatic heterocycles. The maximum Gasteiger partial charge on any atom is 0.336 e. The molecular weight excluding hydrogens is 408 g/mol. The first-order chi connectivity index (χ1) is 13.6. The molecule has 4 rings (SSSR count). The minimum absolute atomic E-state index is 0.248. The molecule has 0 atom stereocenters. The Kier molecular flexibility index (Phi) is 4.82. The van der Waals surface area contributed by atoms with E-state index in [0.29, 0.717) is 26.3 Å². The molecule has 0 aliphatic rings. The molecule has 3 heterocycles. The lowest BCUT2D eigenvalue weighted by Gasteiger charge is -2.14. The lowest BCUT2D eigenvalue weighted by atomic mass is 9.93. The van der Waals surface area contributed by atoms with Crippen LogP contribution in [0.3, 0.4) is 0 Å². The Morgan fingerprint density at radius 1 is 1.10 bits per heavy atom. The van der Waals surface area contributed by atoms with Crippen molar-refractivity contribution in [1.29, 1.82) is 0 Å². The van der Waals surface area contributed by atoms with Crippen molar-refractivity contribution >= 4 is 39.0 Å². The molecular formula is C20H20N4O3S2. The molecule has 9 heteroatoms. The molecule has 0 spiro atoms. The van der Waals surface area contributed by atoms with E-state index in [-0.39, 0.29) is 11.2 Å². The van der Waals surface area contributed by atoms with Gasteiger partial charge < -0.3 is 4.42 Å². The predicted molar refractivity (Wildman–Crippen MR) is 115 cm³/mol. The van der Waals surface area contributed by atoms with Crippen molar-refractivity contribution in [2.24, 2.45) is 0 Å². The van der Waals surface area contributed by atoms with Crippen LogP contribution in [-0.2, 0) is 11.2 Å². The van der Waals surface area contributed by atoms with Crippen LogP contribution in [0.4, 0.5) is 0 Å². The summed E-state index contributed by atoms with van der Waals surface area (Å²) in [7, 11) is 0. The first-order valence-electron chi connectivity index (χ1n) is 9.07. The molecule has 1 aromatic carbocycles. The van der Waals surface area contributed by atoms with Crippen LogP contribution < -0.4 is 11.2 Å². The minimum Gasteiger partial charge on any atom is -0.423 e. The summed E-state index contributed by atoms with van der Waals surface area (Å²) >= 11 is 2.76. The van der Waals surface area contributed by atoms with Gasteiger partial charge in [-0.15, -0.1) is 15.3 Å². The second-order valence-corrected chi connectivity index (χ2v) is 10.2. The van der Waals surface area contributed by atoms with Crippen molar-refractivity contribution in [3.05, 3.63) is 61.4 Å². The van der Waals surface area contributed by atoms with Crippen LogP contribution in [-0.4, -0.2) is 19.8 Å². The van der Waals surface area contributed by atoms with Gasteiger partial charge in [-0.3, -0.25) is 4.79 Å². The number of hydrogen-bond acceptors (Lipinski definition) is 8. The highest BCUT2D eigenvalue weighted by Gasteiger charge is 2.23. The predicted octanol–water partition coefficient (Wildman–Crippen LogP) is 3.86. The van der Waals surface area contributed by atoms with Gasteiger partial charge >= 0.3 is 5.63 Å². The highest BCUT2D eigenvalue weighted by atomic mass is 32.2. The number of aryl methyl sites for hydroxylation is 2. The molecule has 0 fully saturated rings. The van der Waals surface area contributed by atoms with Gasteiger partial charge in [-0.05, 0) is 42.7 Å². The quantitative estimate of drug-likeness (QED) is 0.361. The summed E-state index contributed by atoms with van der Waals surface area (Å²) in [6.45, 7) is 9.78. The number of rotatable bonds is 3. The molecule has 0 saturated heterocycles. The number of thioether (sulfide) groups is 1. The maximum absolute atomic E-state index is 12.7. The number of nitrogens with zero attached hydrogens (tertiary/aromatic N) is 4. The van der Waals surface area contributed by atoms with Gasteiger partial charge in [0.1, 0.15) is 11.3 Å². The molecule has 0 aliphatic carbocycles. The zero-order valence-electron chi connectivity index (χ0n) is 16.8. The van der Waals surface area contributed by atoms with Gasteiger partial charge in [0, 0.05) is 22.6 Å². The van der Waals surface area contributed by atoms with Crippen LogP contribution in [0.5, 0.6) is 0 Å². The van der Waals surface area contributed by atoms with Crippen LogP contribution >= 0.6 is 23.1 Å². The fraction of sp³-hybridized carbons (Fsp3) is 0.350. The summed E-state index contributed by atoms with van der Waals surface area (Å²) in [6, 6.07) is 5.44. The van der Waals surface area contributed by atoms with Crippen molar-refractivity contribution in [2.75, 3.05) is 0 Å². The summed E-state index contributed by atoms with van der Waals surface area (Å²) in [6.07, 6.45) is 0. The Hall–Kier alpha value is -2.52. The Morgan fingerprint density at radius 3 is 2.55 bits per heavy atom. The molecule has 4 aromatic rings. The Bertz CT molecular complexity index is 1360. The number of benzene rings is 1. The van der Waals surface area contributed by atoms with Crippen molar-refractivity contribution in [2.45, 2.75) is 50.1 Å². The number of fused-ring (bicyclic) bond motifs is 2. The molecule has 0 saturated carbocycles. The second kappa shape index (κ2) is 7.07. The van der Waals surface area contributed by atoms with Gasteiger partial charge in [-0.1, -0.05) is 43.9 Å². The molecule has 150 valence electrons. The van der Waals surface area contributed by atoms with E-state index >= 15 is 0 Å². The van der Waals surface area contributed by atoms with Gasteiger partial charge in [0.2, 0.25) is 4.96 Å². The van der Waals surface area contributed by atoms with Crippen LogP contribution in [0.15, 0.2) is 36.5 Å². The Morgan fingerprint density at radius 2 is 1.83 bits per heavy atom. The summed E-state index contributed by atoms with van der Waals surface area (Å²) < 4.78 is 7.36. The van der Waals surface area contributed by atoms with Gasteiger partial charge in [-0.2, -0.15) is 4.52 Å².